The number of rotatable bonds is 2. The van der Waals surface area contributed by atoms with Crippen LogP contribution in [0.2, 0.25) is 0 Å². The van der Waals surface area contributed by atoms with Gasteiger partial charge in [-0.05, 0) is 18.8 Å². The van der Waals surface area contributed by atoms with Crippen LogP contribution < -0.4 is 0 Å². The highest BCUT2D eigenvalue weighted by atomic mass is 16.4. The monoisotopic (exact) mass is 182 g/mol. The summed E-state index contributed by atoms with van der Waals surface area (Å²) in [6.07, 6.45) is 2.51. The minimum absolute atomic E-state index is 0.296. The molecule has 1 unspecified atom stereocenters. The Balaban J connectivity index is 2.89. The van der Waals surface area contributed by atoms with Crippen LogP contribution in [0.15, 0.2) is 11.6 Å². The van der Waals surface area contributed by atoms with Gasteiger partial charge in [0.15, 0.2) is 0 Å². The zero-order chi connectivity index (χ0) is 10.2. The lowest BCUT2D eigenvalue weighted by Gasteiger charge is -2.27. The van der Waals surface area contributed by atoms with Crippen LogP contribution in [0.25, 0.3) is 0 Å². The lowest BCUT2D eigenvalue weighted by Crippen LogP contribution is -2.32. The molecule has 3 heteroatoms. The molecule has 13 heavy (non-hydrogen) atoms. The predicted octanol–water partition coefficient (Wildman–Crippen LogP) is 1.63. The van der Waals surface area contributed by atoms with Gasteiger partial charge in [0.25, 0.3) is 0 Å². The second-order valence-electron chi connectivity index (χ2n) is 4.07. The Morgan fingerprint density at radius 1 is 1.54 bits per heavy atom. The average Bonchev–Trinajstić information content (AvgIpc) is 2.26. The zero-order valence-corrected chi connectivity index (χ0v) is 8.13. The summed E-state index contributed by atoms with van der Waals surface area (Å²) in [5, 5.41) is 8.59. The van der Waals surface area contributed by atoms with Gasteiger partial charge in [-0.15, -0.1) is 0 Å². The van der Waals surface area contributed by atoms with Crippen LogP contribution in [0.4, 0.5) is 0 Å². The van der Waals surface area contributed by atoms with Gasteiger partial charge in [0, 0.05) is 5.92 Å². The van der Waals surface area contributed by atoms with Gasteiger partial charge < -0.3 is 5.11 Å². The highest BCUT2D eigenvalue weighted by molar-refractivity contribution is 6.33. The van der Waals surface area contributed by atoms with E-state index in [1.165, 1.54) is 0 Å². The molecule has 0 aliphatic heterocycles. The molecule has 1 atom stereocenters. The van der Waals surface area contributed by atoms with E-state index < -0.39 is 11.8 Å². The molecule has 3 nitrogen and oxygen atoms in total. The van der Waals surface area contributed by atoms with Gasteiger partial charge in [0.2, 0.25) is 5.78 Å². The maximum absolute atomic E-state index is 11.3. The third-order valence-corrected chi connectivity index (χ3v) is 3.07. The fourth-order valence-corrected chi connectivity index (χ4v) is 1.71. The molecular weight excluding hydrogens is 168 g/mol. The molecule has 0 spiro atoms. The van der Waals surface area contributed by atoms with Crippen molar-refractivity contribution in [2.45, 2.75) is 27.2 Å². The normalized spacial score (nSPS) is 25.5. The minimum Gasteiger partial charge on any atom is -0.475 e. The lowest BCUT2D eigenvalue weighted by atomic mass is 9.75. The van der Waals surface area contributed by atoms with Crippen molar-refractivity contribution >= 4 is 11.8 Å². The number of Topliss-reactive ketones (excluding diaryl/α,β-unsaturated/α-hetero) is 1. The fraction of sp³-hybridized carbons (Fsp3) is 0.600. The molecule has 1 rings (SSSR count). The summed E-state index contributed by atoms with van der Waals surface area (Å²) in [7, 11) is 0. The second kappa shape index (κ2) is 2.98. The van der Waals surface area contributed by atoms with Crippen molar-refractivity contribution in [3.8, 4) is 0 Å². The van der Waals surface area contributed by atoms with E-state index in [1.54, 1.807) is 0 Å². The fourth-order valence-electron chi connectivity index (χ4n) is 1.71. The van der Waals surface area contributed by atoms with Crippen molar-refractivity contribution in [1.82, 2.24) is 0 Å². The Kier molecular flexibility index (Phi) is 2.28. The van der Waals surface area contributed by atoms with E-state index >= 15 is 0 Å². The van der Waals surface area contributed by atoms with E-state index in [1.807, 2.05) is 26.8 Å². The Hall–Kier alpha value is -1.12. The van der Waals surface area contributed by atoms with Crippen LogP contribution in [-0.4, -0.2) is 16.9 Å². The van der Waals surface area contributed by atoms with Gasteiger partial charge in [0.05, 0.1) is 0 Å². The van der Waals surface area contributed by atoms with Crippen molar-refractivity contribution in [1.29, 1.82) is 0 Å². The standard InChI is InChI=1S/C10H14O3/c1-6-4-5-7(10(6,2)3)8(11)9(12)13/h4,7H,5H2,1-3H3,(H,12,13). The summed E-state index contributed by atoms with van der Waals surface area (Å²) in [6, 6.07) is 0. The van der Waals surface area contributed by atoms with Crippen LogP contribution >= 0.6 is 0 Å². The molecular formula is C10H14O3. The number of carboxylic acid groups (broad SMARTS) is 1. The Bertz CT molecular complexity index is 287. The number of ketones is 1. The van der Waals surface area contributed by atoms with Gasteiger partial charge in [-0.25, -0.2) is 4.79 Å². The summed E-state index contributed by atoms with van der Waals surface area (Å²) in [6.45, 7) is 5.77. The number of hydrogen-bond acceptors (Lipinski definition) is 2. The summed E-state index contributed by atoms with van der Waals surface area (Å²) < 4.78 is 0. The first-order chi connectivity index (χ1) is 5.87. The zero-order valence-electron chi connectivity index (χ0n) is 8.13. The molecule has 0 aromatic rings. The number of carbonyl (C=O) groups is 2. The Morgan fingerprint density at radius 2 is 2.08 bits per heavy atom. The van der Waals surface area contributed by atoms with Gasteiger partial charge in [-0.3, -0.25) is 4.79 Å². The first-order valence-corrected chi connectivity index (χ1v) is 4.31. The molecule has 0 aromatic heterocycles. The SMILES string of the molecule is CC1=CCC(C(=O)C(=O)O)C1(C)C. The molecule has 0 bridgehead atoms. The van der Waals surface area contributed by atoms with E-state index in [0.717, 1.165) is 5.57 Å². The number of carboxylic acids is 1. The summed E-state index contributed by atoms with van der Waals surface area (Å²) >= 11 is 0. The molecule has 0 aromatic carbocycles. The molecule has 72 valence electrons. The molecule has 0 radical (unpaired) electrons. The van der Waals surface area contributed by atoms with Gasteiger partial charge in [-0.2, -0.15) is 0 Å². The molecule has 0 amide bonds. The highest BCUT2D eigenvalue weighted by Crippen LogP contribution is 2.43. The van der Waals surface area contributed by atoms with Crippen LogP contribution in [0.5, 0.6) is 0 Å². The van der Waals surface area contributed by atoms with Crippen molar-refractivity contribution < 1.29 is 14.7 Å². The Morgan fingerprint density at radius 3 is 2.38 bits per heavy atom. The second-order valence-corrected chi connectivity index (χ2v) is 4.07. The van der Waals surface area contributed by atoms with Gasteiger partial charge in [0.1, 0.15) is 0 Å². The molecule has 1 aliphatic carbocycles. The van der Waals surface area contributed by atoms with E-state index in [0.29, 0.717) is 6.42 Å². The summed E-state index contributed by atoms with van der Waals surface area (Å²) in [5.41, 5.74) is 0.808. The van der Waals surface area contributed by atoms with E-state index in [2.05, 4.69) is 0 Å². The topological polar surface area (TPSA) is 54.4 Å². The molecule has 0 saturated heterocycles. The molecule has 1 N–H and O–H groups in total. The van der Waals surface area contributed by atoms with Crippen molar-refractivity contribution in [3.63, 3.8) is 0 Å². The van der Waals surface area contributed by atoms with E-state index in [-0.39, 0.29) is 11.3 Å². The van der Waals surface area contributed by atoms with Crippen LogP contribution in [-0.2, 0) is 9.59 Å². The molecule has 0 fully saturated rings. The smallest absolute Gasteiger partial charge is 0.372 e. The van der Waals surface area contributed by atoms with E-state index in [4.69, 9.17) is 5.11 Å². The van der Waals surface area contributed by atoms with Crippen LogP contribution in [0.3, 0.4) is 0 Å². The number of allylic oxidation sites excluding steroid dienone is 2. The van der Waals surface area contributed by atoms with Gasteiger partial charge >= 0.3 is 5.97 Å². The lowest BCUT2D eigenvalue weighted by molar-refractivity contribution is -0.152. The predicted molar refractivity (Wildman–Crippen MR) is 48.3 cm³/mol. The number of hydrogen-bond donors (Lipinski definition) is 1. The third kappa shape index (κ3) is 1.50. The number of carbonyl (C=O) groups excluding carboxylic acids is 1. The van der Waals surface area contributed by atoms with Crippen LogP contribution in [0.1, 0.15) is 27.2 Å². The van der Waals surface area contributed by atoms with Crippen molar-refractivity contribution in [2.24, 2.45) is 11.3 Å². The largest absolute Gasteiger partial charge is 0.475 e. The molecule has 0 saturated carbocycles. The average molecular weight is 182 g/mol. The van der Waals surface area contributed by atoms with Gasteiger partial charge in [-0.1, -0.05) is 25.5 Å². The van der Waals surface area contributed by atoms with E-state index in [9.17, 15) is 9.59 Å². The summed E-state index contributed by atoms with van der Waals surface area (Å²) in [4.78, 5) is 21.8. The maximum atomic E-state index is 11.3. The first kappa shape index (κ1) is 9.96. The minimum atomic E-state index is -1.32. The molecule has 0 heterocycles. The Labute approximate surface area is 77.4 Å². The summed E-state index contributed by atoms with van der Waals surface area (Å²) in [5.74, 6) is -2.37. The van der Waals surface area contributed by atoms with Crippen molar-refractivity contribution in [3.05, 3.63) is 11.6 Å². The number of aliphatic carboxylic acids is 1. The third-order valence-electron chi connectivity index (χ3n) is 3.07. The van der Waals surface area contributed by atoms with Crippen LogP contribution in [0, 0.1) is 11.3 Å². The molecule has 1 aliphatic rings. The quantitative estimate of drug-likeness (QED) is 0.521. The van der Waals surface area contributed by atoms with Crippen molar-refractivity contribution in [2.75, 3.05) is 0 Å². The highest BCUT2D eigenvalue weighted by Gasteiger charge is 2.41. The first-order valence-electron chi connectivity index (χ1n) is 4.31. The maximum Gasteiger partial charge on any atom is 0.372 e.